The van der Waals surface area contributed by atoms with Crippen LogP contribution in [0.25, 0.3) is 10.9 Å². The summed E-state index contributed by atoms with van der Waals surface area (Å²) in [4.78, 5) is 37.3. The van der Waals surface area contributed by atoms with Crippen LogP contribution in [0.2, 0.25) is 0 Å². The number of nitrogens with zero attached hydrogens (tertiary/aromatic N) is 2. The highest BCUT2D eigenvalue weighted by Crippen LogP contribution is 2.17. The Bertz CT molecular complexity index is 1410. The Kier molecular flexibility index (Phi) is 6.29. The molecule has 1 amide bonds. The van der Waals surface area contributed by atoms with Gasteiger partial charge in [0.2, 0.25) is 10.0 Å². The van der Waals surface area contributed by atoms with Crippen LogP contribution >= 0.6 is 12.2 Å². The zero-order chi connectivity index (χ0) is 22.8. The van der Waals surface area contributed by atoms with E-state index in [0.29, 0.717) is 10.9 Å². The highest BCUT2D eigenvalue weighted by atomic mass is 32.2. The number of rotatable bonds is 7. The highest BCUT2D eigenvalue weighted by Gasteiger charge is 2.17. The Hall–Kier alpha value is -3.42. The van der Waals surface area contributed by atoms with Gasteiger partial charge < -0.3 is 10.3 Å². The molecule has 0 spiro atoms. The number of aromatic amines is 1. The van der Waals surface area contributed by atoms with Crippen molar-refractivity contribution in [3.05, 3.63) is 73.3 Å². The number of hydrogen-bond donors (Lipinski definition) is 3. The topological polar surface area (TPSA) is 156 Å². The Morgan fingerprint density at radius 1 is 1.23 bits per heavy atom. The van der Waals surface area contributed by atoms with Crippen molar-refractivity contribution in [3.8, 4) is 0 Å². The van der Waals surface area contributed by atoms with Gasteiger partial charge in [0.15, 0.2) is 4.77 Å². The number of aromatic nitrogens is 2. The molecule has 11 nitrogen and oxygen atoms in total. The zero-order valence-corrected chi connectivity index (χ0v) is 17.7. The quantitative estimate of drug-likeness (QED) is 0.206. The Labute approximate surface area is 180 Å². The Balaban J connectivity index is 1.64. The first-order valence-corrected chi connectivity index (χ1v) is 10.7. The van der Waals surface area contributed by atoms with Crippen LogP contribution in [0, 0.1) is 14.9 Å². The Morgan fingerprint density at radius 3 is 2.68 bits per heavy atom. The summed E-state index contributed by atoms with van der Waals surface area (Å²) in [5.74, 6) is -0.476. The standard InChI is InChI=1S/C18H17N5O6S2/c1-22-17(25)14-6-5-11(9-15(14)21-18(22)30)16(24)19-7-8-20-31(28,29)13-4-2-3-12(10-13)23(26)27/h2-6,9-10,20H,7-8H2,1H3,(H,19,24)(H,21,30). The van der Waals surface area contributed by atoms with Crippen LogP contribution in [0.3, 0.4) is 0 Å². The summed E-state index contributed by atoms with van der Waals surface area (Å²) in [5, 5.41) is 13.7. The average molecular weight is 463 g/mol. The van der Waals surface area contributed by atoms with Crippen LogP contribution in [0.15, 0.2) is 52.2 Å². The number of carbonyl (C=O) groups is 1. The number of hydrogen-bond acceptors (Lipinski definition) is 7. The van der Waals surface area contributed by atoms with E-state index in [1.165, 1.54) is 48.0 Å². The molecule has 1 aromatic heterocycles. The molecule has 0 saturated heterocycles. The minimum absolute atomic E-state index is 0.0302. The smallest absolute Gasteiger partial charge is 0.270 e. The van der Waals surface area contributed by atoms with Gasteiger partial charge in [0.05, 0.1) is 20.7 Å². The van der Waals surface area contributed by atoms with E-state index in [9.17, 15) is 28.1 Å². The van der Waals surface area contributed by atoms with Gasteiger partial charge in [0, 0.05) is 37.8 Å². The first-order chi connectivity index (χ1) is 14.6. The van der Waals surface area contributed by atoms with E-state index in [1.54, 1.807) is 0 Å². The summed E-state index contributed by atoms with van der Waals surface area (Å²) in [5.41, 5.74) is 0.0303. The van der Waals surface area contributed by atoms with Crippen molar-refractivity contribution in [1.29, 1.82) is 0 Å². The molecule has 0 radical (unpaired) electrons. The van der Waals surface area contributed by atoms with Gasteiger partial charge in [0.1, 0.15) is 0 Å². The second-order valence-electron chi connectivity index (χ2n) is 6.46. The molecule has 3 aromatic rings. The maximum absolute atomic E-state index is 12.4. The number of nitro benzene ring substituents is 1. The van der Waals surface area contributed by atoms with Crippen LogP contribution in [-0.2, 0) is 17.1 Å². The van der Waals surface area contributed by atoms with Gasteiger partial charge in [0.25, 0.3) is 17.2 Å². The first kappa shape index (κ1) is 22.3. The van der Waals surface area contributed by atoms with E-state index < -0.39 is 20.9 Å². The lowest BCUT2D eigenvalue weighted by atomic mass is 10.1. The third kappa shape index (κ3) is 4.84. The van der Waals surface area contributed by atoms with Gasteiger partial charge >= 0.3 is 0 Å². The fourth-order valence-corrected chi connectivity index (χ4v) is 4.02. The predicted octanol–water partition coefficient (Wildman–Crippen LogP) is 1.21. The van der Waals surface area contributed by atoms with Gasteiger partial charge in [-0.05, 0) is 36.5 Å². The molecule has 13 heteroatoms. The Morgan fingerprint density at radius 2 is 1.97 bits per heavy atom. The van der Waals surface area contributed by atoms with Crippen molar-refractivity contribution in [1.82, 2.24) is 19.6 Å². The summed E-state index contributed by atoms with van der Waals surface area (Å²) in [7, 11) is -2.44. The van der Waals surface area contributed by atoms with Crippen LogP contribution in [0.4, 0.5) is 5.69 Å². The molecule has 162 valence electrons. The maximum atomic E-state index is 12.4. The van der Waals surface area contributed by atoms with Crippen LogP contribution in [0.1, 0.15) is 10.4 Å². The number of amides is 1. The normalized spacial score (nSPS) is 11.4. The maximum Gasteiger partial charge on any atom is 0.270 e. The monoisotopic (exact) mass is 463 g/mol. The van der Waals surface area contributed by atoms with Crippen molar-refractivity contribution in [2.45, 2.75) is 4.90 Å². The molecule has 0 saturated carbocycles. The van der Waals surface area contributed by atoms with Crippen LogP contribution in [0.5, 0.6) is 0 Å². The molecule has 3 N–H and O–H groups in total. The van der Waals surface area contributed by atoms with E-state index >= 15 is 0 Å². The third-order valence-electron chi connectivity index (χ3n) is 4.40. The number of carbonyl (C=O) groups excluding carboxylic acids is 1. The first-order valence-electron chi connectivity index (χ1n) is 8.85. The summed E-state index contributed by atoms with van der Waals surface area (Å²) < 4.78 is 28.3. The van der Waals surface area contributed by atoms with Gasteiger partial charge in [-0.15, -0.1) is 0 Å². The van der Waals surface area contributed by atoms with Gasteiger partial charge in [-0.2, -0.15) is 0 Å². The summed E-state index contributed by atoms with van der Waals surface area (Å²) in [6.45, 7) is -0.162. The van der Waals surface area contributed by atoms with Crippen molar-refractivity contribution >= 4 is 44.7 Å². The average Bonchev–Trinajstić information content (AvgIpc) is 2.74. The van der Waals surface area contributed by atoms with E-state index in [-0.39, 0.29) is 39.6 Å². The summed E-state index contributed by atoms with van der Waals surface area (Å²) >= 11 is 5.06. The number of fused-ring (bicyclic) bond motifs is 1. The minimum Gasteiger partial charge on any atom is -0.351 e. The van der Waals surface area contributed by atoms with Gasteiger partial charge in [-0.1, -0.05) is 6.07 Å². The summed E-state index contributed by atoms with van der Waals surface area (Å²) in [6.07, 6.45) is 0. The molecule has 0 bridgehead atoms. The number of nitro groups is 1. The van der Waals surface area contributed by atoms with E-state index in [1.807, 2.05) is 0 Å². The fraction of sp³-hybridized carbons (Fsp3) is 0.167. The zero-order valence-electron chi connectivity index (χ0n) is 16.1. The largest absolute Gasteiger partial charge is 0.351 e. The summed E-state index contributed by atoms with van der Waals surface area (Å²) in [6, 6.07) is 9.10. The molecule has 0 unspecified atom stereocenters. The van der Waals surface area contributed by atoms with E-state index in [0.717, 1.165) is 6.07 Å². The highest BCUT2D eigenvalue weighted by molar-refractivity contribution is 7.89. The predicted molar refractivity (Wildman–Crippen MR) is 115 cm³/mol. The SMILES string of the molecule is Cn1c(=S)[nH]c2cc(C(=O)NCCNS(=O)(=O)c3cccc([N+](=O)[O-])c3)ccc2c1=O. The number of H-pyrrole nitrogens is 1. The molecular formula is C18H17N5O6S2. The number of benzene rings is 2. The second-order valence-corrected chi connectivity index (χ2v) is 8.62. The van der Waals surface area contributed by atoms with Crippen LogP contribution in [-0.4, -0.2) is 41.9 Å². The van der Waals surface area contributed by atoms with Gasteiger partial charge in [-0.3, -0.25) is 24.3 Å². The molecule has 0 aliphatic carbocycles. The van der Waals surface area contributed by atoms with Crippen molar-refractivity contribution in [3.63, 3.8) is 0 Å². The molecule has 3 rings (SSSR count). The third-order valence-corrected chi connectivity index (χ3v) is 6.24. The second kappa shape index (κ2) is 8.75. The number of nitrogens with one attached hydrogen (secondary N) is 3. The van der Waals surface area contributed by atoms with Crippen molar-refractivity contribution in [2.24, 2.45) is 7.05 Å². The number of non-ortho nitro benzene ring substituents is 1. The molecule has 0 atom stereocenters. The molecule has 2 aromatic carbocycles. The molecule has 0 fully saturated rings. The molecule has 31 heavy (non-hydrogen) atoms. The van der Waals surface area contributed by atoms with E-state index in [2.05, 4.69) is 15.0 Å². The van der Waals surface area contributed by atoms with Crippen molar-refractivity contribution < 1.29 is 18.1 Å². The van der Waals surface area contributed by atoms with Gasteiger partial charge in [-0.25, -0.2) is 13.1 Å². The number of sulfonamides is 1. The molecular weight excluding hydrogens is 446 g/mol. The van der Waals surface area contributed by atoms with Crippen molar-refractivity contribution in [2.75, 3.05) is 13.1 Å². The fourth-order valence-electron chi connectivity index (χ4n) is 2.76. The lowest BCUT2D eigenvalue weighted by Gasteiger charge is -2.09. The molecule has 0 aliphatic rings. The van der Waals surface area contributed by atoms with Crippen LogP contribution < -0.4 is 15.6 Å². The van der Waals surface area contributed by atoms with E-state index in [4.69, 9.17) is 12.2 Å². The minimum atomic E-state index is -3.98. The lowest BCUT2D eigenvalue weighted by Crippen LogP contribution is -2.34. The molecule has 1 heterocycles. The lowest BCUT2D eigenvalue weighted by molar-refractivity contribution is -0.385. The molecule has 0 aliphatic heterocycles.